The lowest BCUT2D eigenvalue weighted by atomic mass is 9.89. The number of rotatable bonds is 2. The Hall–Kier alpha value is -0.840. The molecule has 1 aromatic heterocycles. The van der Waals surface area contributed by atoms with Crippen LogP contribution < -0.4 is 10.6 Å². The topological polar surface area (TPSA) is 55.0 Å². The van der Waals surface area contributed by atoms with Gasteiger partial charge in [-0.3, -0.25) is 0 Å². The number of aromatic nitrogens is 2. The number of nitrogens with zero attached hydrogens (tertiary/aromatic N) is 3. The number of hydrogen-bond donors (Lipinski definition) is 1. The maximum absolute atomic E-state index is 5.56. The maximum atomic E-state index is 5.56. The molecule has 0 saturated carbocycles. The van der Waals surface area contributed by atoms with Crippen molar-refractivity contribution >= 4 is 22.6 Å². The van der Waals surface area contributed by atoms with E-state index in [2.05, 4.69) is 28.1 Å². The normalized spacial score (nSPS) is 22.4. The van der Waals surface area contributed by atoms with E-state index < -0.39 is 0 Å². The van der Waals surface area contributed by atoms with Gasteiger partial charge >= 0.3 is 0 Å². The van der Waals surface area contributed by atoms with Crippen LogP contribution in [0.3, 0.4) is 0 Å². The van der Waals surface area contributed by atoms with Crippen LogP contribution in [0.25, 0.3) is 0 Å². The molecular formula is C11H20N4S. The van der Waals surface area contributed by atoms with E-state index in [1.165, 1.54) is 30.8 Å². The zero-order valence-corrected chi connectivity index (χ0v) is 10.8. The highest BCUT2D eigenvalue weighted by molar-refractivity contribution is 7.09. The molecule has 0 amide bonds. The van der Waals surface area contributed by atoms with Crippen molar-refractivity contribution in [3.8, 4) is 0 Å². The summed E-state index contributed by atoms with van der Waals surface area (Å²) in [7, 11) is 0. The van der Waals surface area contributed by atoms with Crippen molar-refractivity contribution in [1.29, 1.82) is 0 Å². The first kappa shape index (κ1) is 11.6. The first-order valence-electron chi connectivity index (χ1n) is 6.01. The quantitative estimate of drug-likeness (QED) is 0.862. The Labute approximate surface area is 101 Å². The van der Waals surface area contributed by atoms with E-state index in [0.717, 1.165) is 30.1 Å². The first-order valence-corrected chi connectivity index (χ1v) is 6.78. The monoisotopic (exact) mass is 240 g/mol. The van der Waals surface area contributed by atoms with Crippen LogP contribution in [-0.4, -0.2) is 22.4 Å². The highest BCUT2D eigenvalue weighted by Gasteiger charge is 2.21. The van der Waals surface area contributed by atoms with Gasteiger partial charge in [-0.1, -0.05) is 13.8 Å². The Morgan fingerprint density at radius 1 is 1.38 bits per heavy atom. The third-order valence-electron chi connectivity index (χ3n) is 3.42. The zero-order chi connectivity index (χ0) is 11.5. The van der Waals surface area contributed by atoms with Crippen molar-refractivity contribution in [3.05, 3.63) is 0 Å². The Morgan fingerprint density at radius 3 is 2.81 bits per heavy atom. The fourth-order valence-corrected chi connectivity index (χ4v) is 2.98. The minimum atomic E-state index is 0.407. The third kappa shape index (κ3) is 2.64. The average molecular weight is 240 g/mol. The van der Waals surface area contributed by atoms with Crippen molar-refractivity contribution in [2.24, 2.45) is 11.8 Å². The average Bonchev–Trinajstić information content (AvgIpc) is 2.54. The molecule has 0 bridgehead atoms. The molecule has 5 heteroatoms. The van der Waals surface area contributed by atoms with Crippen LogP contribution in [-0.2, 0) is 0 Å². The number of hydrogen-bond acceptors (Lipinski definition) is 5. The van der Waals surface area contributed by atoms with Crippen molar-refractivity contribution in [1.82, 2.24) is 9.36 Å². The zero-order valence-electron chi connectivity index (χ0n) is 10.0. The fraction of sp³-hybridized carbons (Fsp3) is 0.818. The van der Waals surface area contributed by atoms with Crippen LogP contribution in [0.15, 0.2) is 0 Å². The van der Waals surface area contributed by atoms with Gasteiger partial charge in [0.15, 0.2) is 0 Å². The Balaban J connectivity index is 1.98. The van der Waals surface area contributed by atoms with Crippen molar-refractivity contribution in [2.45, 2.75) is 33.1 Å². The summed E-state index contributed by atoms with van der Waals surface area (Å²) in [6, 6.07) is 0. The summed E-state index contributed by atoms with van der Waals surface area (Å²) in [4.78, 5) is 6.59. The second-order valence-electron chi connectivity index (χ2n) is 4.86. The van der Waals surface area contributed by atoms with Gasteiger partial charge in [0.1, 0.15) is 0 Å². The molecule has 0 spiro atoms. The van der Waals surface area contributed by atoms with E-state index in [9.17, 15) is 0 Å². The fourth-order valence-electron chi connectivity index (χ4n) is 2.33. The van der Waals surface area contributed by atoms with Gasteiger partial charge in [-0.2, -0.15) is 9.36 Å². The molecular weight excluding hydrogens is 220 g/mol. The molecule has 0 aromatic carbocycles. The van der Waals surface area contributed by atoms with E-state index in [1.807, 2.05) is 0 Å². The van der Waals surface area contributed by atoms with Gasteiger partial charge in [-0.15, -0.1) is 0 Å². The molecule has 1 unspecified atom stereocenters. The molecule has 1 aromatic rings. The second-order valence-corrected chi connectivity index (χ2v) is 5.59. The summed E-state index contributed by atoms with van der Waals surface area (Å²) >= 11 is 1.41. The van der Waals surface area contributed by atoms with Gasteiger partial charge in [0.25, 0.3) is 0 Å². The minimum Gasteiger partial charge on any atom is -0.367 e. The summed E-state index contributed by atoms with van der Waals surface area (Å²) in [6.45, 7) is 6.84. The van der Waals surface area contributed by atoms with Crippen LogP contribution in [0.5, 0.6) is 0 Å². The van der Waals surface area contributed by atoms with Crippen LogP contribution in [0, 0.1) is 11.8 Å². The van der Waals surface area contributed by atoms with Gasteiger partial charge in [0.05, 0.1) is 0 Å². The highest BCUT2D eigenvalue weighted by atomic mass is 32.1. The van der Waals surface area contributed by atoms with Crippen molar-refractivity contribution < 1.29 is 0 Å². The van der Waals surface area contributed by atoms with Gasteiger partial charge < -0.3 is 10.6 Å². The molecule has 4 nitrogen and oxygen atoms in total. The Kier molecular flexibility index (Phi) is 3.63. The van der Waals surface area contributed by atoms with E-state index >= 15 is 0 Å². The third-order valence-corrected chi connectivity index (χ3v) is 4.21. The highest BCUT2D eigenvalue weighted by Crippen LogP contribution is 2.28. The van der Waals surface area contributed by atoms with E-state index in [1.54, 1.807) is 0 Å². The summed E-state index contributed by atoms with van der Waals surface area (Å²) < 4.78 is 4.04. The van der Waals surface area contributed by atoms with Gasteiger partial charge in [0, 0.05) is 24.6 Å². The maximum Gasteiger partial charge on any atom is 0.233 e. The summed E-state index contributed by atoms with van der Waals surface area (Å²) in [5.41, 5.74) is 5.56. The summed E-state index contributed by atoms with van der Waals surface area (Å²) in [5.74, 6) is 2.05. The summed E-state index contributed by atoms with van der Waals surface area (Å²) in [5, 5.41) is 0.988. The summed E-state index contributed by atoms with van der Waals surface area (Å²) in [6.07, 6.45) is 3.85. The van der Waals surface area contributed by atoms with Gasteiger partial charge in [-0.05, 0) is 31.1 Å². The van der Waals surface area contributed by atoms with Crippen molar-refractivity contribution in [2.75, 3.05) is 23.7 Å². The first-order chi connectivity index (χ1) is 7.66. The van der Waals surface area contributed by atoms with Crippen LogP contribution in [0.4, 0.5) is 11.1 Å². The molecule has 0 aliphatic carbocycles. The molecule has 0 radical (unpaired) electrons. The Bertz CT molecular complexity index is 336. The molecule has 1 fully saturated rings. The Morgan fingerprint density at radius 2 is 2.19 bits per heavy atom. The molecule has 2 heterocycles. The van der Waals surface area contributed by atoms with Crippen molar-refractivity contribution in [3.63, 3.8) is 0 Å². The molecule has 16 heavy (non-hydrogen) atoms. The lowest BCUT2D eigenvalue weighted by Gasteiger charge is -2.20. The number of nitrogen functional groups attached to an aromatic ring is 1. The molecule has 2 N–H and O–H groups in total. The van der Waals surface area contributed by atoms with E-state index in [4.69, 9.17) is 5.73 Å². The SMILES string of the molecule is CC(C)C1CCCN(c2nc(N)ns2)CC1. The molecule has 1 saturated heterocycles. The molecule has 1 aliphatic rings. The molecule has 1 aliphatic heterocycles. The van der Waals surface area contributed by atoms with Crippen LogP contribution in [0.2, 0.25) is 0 Å². The van der Waals surface area contributed by atoms with Crippen LogP contribution >= 0.6 is 11.5 Å². The standard InChI is InChI=1S/C11H20N4S/c1-8(2)9-4-3-6-15(7-5-9)11-13-10(12)14-16-11/h8-9H,3-7H2,1-2H3,(H2,12,14). The smallest absolute Gasteiger partial charge is 0.233 e. The van der Waals surface area contributed by atoms with Crippen LogP contribution in [0.1, 0.15) is 33.1 Å². The lowest BCUT2D eigenvalue weighted by Crippen LogP contribution is -2.24. The number of anilines is 2. The predicted octanol–water partition coefficient (Wildman–Crippen LogP) is 2.38. The lowest BCUT2D eigenvalue weighted by molar-refractivity contribution is 0.351. The molecule has 90 valence electrons. The predicted molar refractivity (Wildman–Crippen MR) is 68.7 cm³/mol. The van der Waals surface area contributed by atoms with E-state index in [-0.39, 0.29) is 0 Å². The number of nitrogens with two attached hydrogens (primary N) is 1. The second kappa shape index (κ2) is 4.99. The molecule has 1 atom stereocenters. The van der Waals surface area contributed by atoms with Gasteiger partial charge in [0.2, 0.25) is 11.1 Å². The molecule has 2 rings (SSSR count). The largest absolute Gasteiger partial charge is 0.367 e. The van der Waals surface area contributed by atoms with E-state index in [0.29, 0.717) is 5.95 Å². The van der Waals surface area contributed by atoms with Gasteiger partial charge in [-0.25, -0.2) is 0 Å². The minimum absolute atomic E-state index is 0.407.